The average Bonchev–Trinajstić information content (AvgIpc) is 2.61. The molecule has 0 aliphatic rings. The second-order valence-corrected chi connectivity index (χ2v) is 7.85. The van der Waals surface area contributed by atoms with Gasteiger partial charge in [-0.25, -0.2) is 13.2 Å². The van der Waals surface area contributed by atoms with Gasteiger partial charge in [-0.15, -0.1) is 0 Å². The standard InChI is InChI=1S/C20H24O5S/c1-5-15-11-12-16(18(19(15)24-4)20(21)25-6-2)13-26(22,23)17-10-8-7-9-14(17)3/h7-12H,5-6,13H2,1-4H3. The summed E-state index contributed by atoms with van der Waals surface area (Å²) in [5.74, 6) is -0.495. The highest BCUT2D eigenvalue weighted by Crippen LogP contribution is 2.31. The van der Waals surface area contributed by atoms with Crippen LogP contribution in [0, 0.1) is 6.92 Å². The molecule has 0 radical (unpaired) electrons. The first-order valence-electron chi connectivity index (χ1n) is 8.49. The summed E-state index contributed by atoms with van der Waals surface area (Å²) in [4.78, 5) is 12.8. The van der Waals surface area contributed by atoms with Crippen molar-refractivity contribution in [3.8, 4) is 5.75 Å². The van der Waals surface area contributed by atoms with E-state index in [9.17, 15) is 13.2 Å². The number of aryl methyl sites for hydroxylation is 2. The van der Waals surface area contributed by atoms with Crippen LogP contribution in [-0.2, 0) is 26.7 Å². The summed E-state index contributed by atoms with van der Waals surface area (Å²) in [7, 11) is -2.15. The molecule has 0 spiro atoms. The SMILES string of the molecule is CCOC(=O)c1c(CS(=O)(=O)c2ccccc2C)ccc(CC)c1OC. The van der Waals surface area contributed by atoms with Gasteiger partial charge in [0.1, 0.15) is 11.3 Å². The third-order valence-electron chi connectivity index (χ3n) is 4.16. The van der Waals surface area contributed by atoms with E-state index < -0.39 is 15.8 Å². The van der Waals surface area contributed by atoms with E-state index in [0.29, 0.717) is 23.3 Å². The number of carbonyl (C=O) groups excluding carboxylic acids is 1. The van der Waals surface area contributed by atoms with Crippen LogP contribution in [0.2, 0.25) is 0 Å². The van der Waals surface area contributed by atoms with Crippen molar-refractivity contribution < 1.29 is 22.7 Å². The van der Waals surface area contributed by atoms with Crippen molar-refractivity contribution in [2.45, 2.75) is 37.8 Å². The van der Waals surface area contributed by atoms with Crippen LogP contribution in [0.25, 0.3) is 0 Å². The van der Waals surface area contributed by atoms with E-state index in [1.807, 2.05) is 6.92 Å². The fourth-order valence-corrected chi connectivity index (χ4v) is 4.56. The van der Waals surface area contributed by atoms with Crippen molar-refractivity contribution in [1.29, 1.82) is 0 Å². The molecule has 5 nitrogen and oxygen atoms in total. The molecule has 2 aromatic rings. The van der Waals surface area contributed by atoms with Gasteiger partial charge < -0.3 is 9.47 Å². The molecule has 0 heterocycles. The van der Waals surface area contributed by atoms with Crippen LogP contribution in [0.15, 0.2) is 41.3 Å². The Morgan fingerprint density at radius 1 is 1.04 bits per heavy atom. The van der Waals surface area contributed by atoms with Gasteiger partial charge in [0.2, 0.25) is 0 Å². The predicted molar refractivity (Wildman–Crippen MR) is 100 cm³/mol. The first-order valence-corrected chi connectivity index (χ1v) is 10.1. The van der Waals surface area contributed by atoms with E-state index in [4.69, 9.17) is 9.47 Å². The third kappa shape index (κ3) is 4.07. The number of hydrogen-bond donors (Lipinski definition) is 0. The van der Waals surface area contributed by atoms with Gasteiger partial charge in [-0.05, 0) is 43.0 Å². The summed E-state index contributed by atoms with van der Waals surface area (Å²) in [5, 5.41) is 0. The van der Waals surface area contributed by atoms with Crippen LogP contribution in [-0.4, -0.2) is 28.1 Å². The Morgan fingerprint density at radius 2 is 1.69 bits per heavy atom. The molecule has 0 saturated heterocycles. The van der Waals surface area contributed by atoms with Crippen molar-refractivity contribution in [3.63, 3.8) is 0 Å². The number of benzene rings is 2. The molecule has 26 heavy (non-hydrogen) atoms. The molecule has 0 fully saturated rings. The van der Waals surface area contributed by atoms with E-state index >= 15 is 0 Å². The molecular weight excluding hydrogens is 352 g/mol. The summed E-state index contributed by atoms with van der Waals surface area (Å²) in [6, 6.07) is 10.3. The summed E-state index contributed by atoms with van der Waals surface area (Å²) in [5.41, 5.74) is 2.06. The Bertz CT molecular complexity index is 900. The van der Waals surface area contributed by atoms with Crippen LogP contribution in [0.3, 0.4) is 0 Å². The zero-order valence-electron chi connectivity index (χ0n) is 15.5. The number of methoxy groups -OCH3 is 1. The molecule has 0 saturated carbocycles. The summed E-state index contributed by atoms with van der Waals surface area (Å²) in [6.07, 6.45) is 0.653. The predicted octanol–water partition coefficient (Wildman–Crippen LogP) is 3.72. The van der Waals surface area contributed by atoms with E-state index in [1.165, 1.54) is 7.11 Å². The van der Waals surface area contributed by atoms with Gasteiger partial charge in [0, 0.05) is 0 Å². The zero-order valence-corrected chi connectivity index (χ0v) is 16.4. The molecule has 0 unspecified atom stereocenters. The van der Waals surface area contributed by atoms with E-state index in [1.54, 1.807) is 50.2 Å². The summed E-state index contributed by atoms with van der Waals surface area (Å²) < 4.78 is 36.4. The number of carbonyl (C=O) groups is 1. The minimum absolute atomic E-state index is 0.186. The molecule has 2 rings (SSSR count). The molecule has 0 aliphatic heterocycles. The smallest absolute Gasteiger partial charge is 0.342 e. The lowest BCUT2D eigenvalue weighted by Gasteiger charge is -2.17. The molecule has 0 aromatic heterocycles. The number of hydrogen-bond acceptors (Lipinski definition) is 5. The molecular formula is C20H24O5S. The minimum Gasteiger partial charge on any atom is -0.496 e. The molecule has 2 aromatic carbocycles. The van der Waals surface area contributed by atoms with Crippen LogP contribution >= 0.6 is 0 Å². The minimum atomic E-state index is -3.62. The maximum absolute atomic E-state index is 12.9. The quantitative estimate of drug-likeness (QED) is 0.689. The van der Waals surface area contributed by atoms with Gasteiger partial charge in [0.05, 0.1) is 24.4 Å². The van der Waals surface area contributed by atoms with Crippen LogP contribution in [0.5, 0.6) is 5.75 Å². The molecule has 0 amide bonds. The molecule has 0 atom stereocenters. The lowest BCUT2D eigenvalue weighted by molar-refractivity contribution is 0.0521. The Labute approximate surface area is 154 Å². The van der Waals surface area contributed by atoms with Crippen molar-refractivity contribution in [2.75, 3.05) is 13.7 Å². The fourth-order valence-electron chi connectivity index (χ4n) is 2.91. The lowest BCUT2D eigenvalue weighted by Crippen LogP contribution is -2.15. The largest absolute Gasteiger partial charge is 0.496 e. The number of sulfone groups is 1. The second-order valence-electron chi connectivity index (χ2n) is 5.89. The van der Waals surface area contributed by atoms with Crippen molar-refractivity contribution in [2.24, 2.45) is 0 Å². The second kappa shape index (κ2) is 8.36. The average molecular weight is 376 g/mol. The number of rotatable bonds is 7. The van der Waals surface area contributed by atoms with Crippen molar-refractivity contribution in [3.05, 3.63) is 58.7 Å². The van der Waals surface area contributed by atoms with Gasteiger partial charge in [0.15, 0.2) is 9.84 Å². The van der Waals surface area contributed by atoms with Gasteiger partial charge in [-0.3, -0.25) is 0 Å². The van der Waals surface area contributed by atoms with Gasteiger partial charge >= 0.3 is 5.97 Å². The van der Waals surface area contributed by atoms with E-state index in [0.717, 1.165) is 5.56 Å². The van der Waals surface area contributed by atoms with Crippen molar-refractivity contribution in [1.82, 2.24) is 0 Å². The molecule has 0 N–H and O–H groups in total. The van der Waals surface area contributed by atoms with E-state index in [-0.39, 0.29) is 22.8 Å². The highest BCUT2D eigenvalue weighted by molar-refractivity contribution is 7.90. The van der Waals surface area contributed by atoms with Crippen LogP contribution < -0.4 is 4.74 Å². The fraction of sp³-hybridized carbons (Fsp3) is 0.350. The van der Waals surface area contributed by atoms with Crippen molar-refractivity contribution >= 4 is 15.8 Å². The topological polar surface area (TPSA) is 69.7 Å². The van der Waals surface area contributed by atoms with Crippen LogP contribution in [0.1, 0.15) is 40.9 Å². The van der Waals surface area contributed by atoms with Gasteiger partial charge in [0.25, 0.3) is 0 Å². The lowest BCUT2D eigenvalue weighted by atomic mass is 10.0. The third-order valence-corrected chi connectivity index (χ3v) is 5.98. The highest BCUT2D eigenvalue weighted by atomic mass is 32.2. The Hall–Kier alpha value is -2.34. The molecule has 140 valence electrons. The summed E-state index contributed by atoms with van der Waals surface area (Å²) in [6.45, 7) is 5.59. The first kappa shape index (κ1) is 20.0. The summed E-state index contributed by atoms with van der Waals surface area (Å²) >= 11 is 0. The van der Waals surface area contributed by atoms with Gasteiger partial charge in [-0.2, -0.15) is 0 Å². The maximum atomic E-state index is 12.9. The highest BCUT2D eigenvalue weighted by Gasteiger charge is 2.26. The zero-order chi connectivity index (χ0) is 19.3. The van der Waals surface area contributed by atoms with Gasteiger partial charge in [-0.1, -0.05) is 37.3 Å². The maximum Gasteiger partial charge on any atom is 0.342 e. The van der Waals surface area contributed by atoms with E-state index in [2.05, 4.69) is 0 Å². The Kier molecular flexibility index (Phi) is 6.42. The Balaban J connectivity index is 2.59. The number of esters is 1. The number of ether oxygens (including phenoxy) is 2. The Morgan fingerprint density at radius 3 is 2.27 bits per heavy atom. The first-order chi connectivity index (χ1) is 12.4. The monoisotopic (exact) mass is 376 g/mol. The molecule has 0 bridgehead atoms. The van der Waals surface area contributed by atoms with Crippen LogP contribution in [0.4, 0.5) is 0 Å². The molecule has 0 aliphatic carbocycles. The normalized spacial score (nSPS) is 11.2. The molecule has 6 heteroatoms.